The molecule has 10 aromatic carbocycles. The van der Waals surface area contributed by atoms with Gasteiger partial charge >= 0.3 is 0 Å². The standard InChI is InChI=1S/C61H40N2/c1-5-19-44(20-6-1)56-40-57(63-60(62-56)45-21-7-2-8-22-45)53-38-37-48(51-28-15-16-29-52(51)53)42-32-34-43(35-33-42)50-30-17-31-54-58-49-27-14-13-18-41(49)36-39-55(58)61(59(50)54,46-23-9-3-10-24-46)47-25-11-4-12-26-47/h1-40H. The zero-order valence-electron chi connectivity index (χ0n) is 34.5. The van der Waals surface area contributed by atoms with E-state index in [0.29, 0.717) is 5.82 Å². The molecule has 0 N–H and O–H groups in total. The average Bonchev–Trinajstić information content (AvgIpc) is 3.69. The lowest BCUT2D eigenvalue weighted by Gasteiger charge is -2.35. The summed E-state index contributed by atoms with van der Waals surface area (Å²) in [6.45, 7) is 0. The van der Waals surface area contributed by atoms with E-state index < -0.39 is 5.41 Å². The number of benzene rings is 10. The maximum Gasteiger partial charge on any atom is 0.160 e. The van der Waals surface area contributed by atoms with Gasteiger partial charge in [0, 0.05) is 16.7 Å². The summed E-state index contributed by atoms with van der Waals surface area (Å²) in [6.07, 6.45) is 0. The van der Waals surface area contributed by atoms with Crippen molar-refractivity contribution >= 4 is 21.5 Å². The molecule has 1 heterocycles. The predicted octanol–water partition coefficient (Wildman–Crippen LogP) is 15.5. The molecular formula is C61H40N2. The molecule has 0 saturated carbocycles. The summed E-state index contributed by atoms with van der Waals surface area (Å²) in [5, 5.41) is 4.86. The SMILES string of the molecule is c1ccc(-c2cc(-c3ccc(-c4ccc(-c5cccc6c5C(c5ccccc5)(c5ccccc5)c5ccc7ccccc7c5-6)cc4)c4ccccc34)nc(-c3ccccc3)n2)cc1. The Morgan fingerprint density at radius 2 is 0.810 bits per heavy atom. The molecule has 1 aliphatic carbocycles. The van der Waals surface area contributed by atoms with Gasteiger partial charge < -0.3 is 0 Å². The second-order valence-corrected chi connectivity index (χ2v) is 16.4. The summed E-state index contributed by atoms with van der Waals surface area (Å²) in [5.74, 6) is 0.711. The highest BCUT2D eigenvalue weighted by Crippen LogP contribution is 2.60. The van der Waals surface area contributed by atoms with Crippen molar-refractivity contribution in [3.8, 4) is 67.3 Å². The fraction of sp³-hybridized carbons (Fsp3) is 0.0164. The number of hydrogen-bond donors (Lipinski definition) is 0. The third-order valence-electron chi connectivity index (χ3n) is 13.0. The molecule has 0 amide bonds. The van der Waals surface area contributed by atoms with Gasteiger partial charge in [-0.2, -0.15) is 0 Å². The Kier molecular flexibility index (Phi) is 8.76. The molecule has 0 bridgehead atoms. The molecule has 0 radical (unpaired) electrons. The number of rotatable bonds is 7. The fourth-order valence-electron chi connectivity index (χ4n) is 10.2. The van der Waals surface area contributed by atoms with E-state index in [1.54, 1.807) is 0 Å². The van der Waals surface area contributed by atoms with Crippen molar-refractivity contribution in [1.82, 2.24) is 9.97 Å². The van der Waals surface area contributed by atoms with E-state index in [2.05, 4.69) is 218 Å². The molecule has 12 rings (SSSR count). The Morgan fingerprint density at radius 1 is 0.302 bits per heavy atom. The van der Waals surface area contributed by atoms with Gasteiger partial charge in [0.15, 0.2) is 5.82 Å². The van der Waals surface area contributed by atoms with E-state index in [4.69, 9.17) is 9.97 Å². The van der Waals surface area contributed by atoms with Crippen LogP contribution in [-0.4, -0.2) is 9.97 Å². The summed E-state index contributed by atoms with van der Waals surface area (Å²) < 4.78 is 0. The summed E-state index contributed by atoms with van der Waals surface area (Å²) in [7, 11) is 0. The first-order chi connectivity index (χ1) is 31.3. The van der Waals surface area contributed by atoms with E-state index in [1.807, 2.05) is 24.3 Å². The average molecular weight is 801 g/mol. The van der Waals surface area contributed by atoms with Crippen LogP contribution in [-0.2, 0) is 5.41 Å². The molecule has 11 aromatic rings. The van der Waals surface area contributed by atoms with Crippen LogP contribution < -0.4 is 0 Å². The second kappa shape index (κ2) is 15.1. The first kappa shape index (κ1) is 36.6. The number of fused-ring (bicyclic) bond motifs is 6. The lowest BCUT2D eigenvalue weighted by atomic mass is 9.66. The van der Waals surface area contributed by atoms with Crippen LogP contribution in [0, 0.1) is 0 Å². The van der Waals surface area contributed by atoms with Crippen LogP contribution in [0.3, 0.4) is 0 Å². The van der Waals surface area contributed by atoms with Gasteiger partial charge in [-0.1, -0.05) is 237 Å². The highest BCUT2D eigenvalue weighted by atomic mass is 14.9. The molecule has 0 spiro atoms. The van der Waals surface area contributed by atoms with Crippen molar-refractivity contribution in [2.75, 3.05) is 0 Å². The van der Waals surface area contributed by atoms with Gasteiger partial charge in [-0.25, -0.2) is 9.97 Å². The molecule has 0 aliphatic heterocycles. The van der Waals surface area contributed by atoms with Gasteiger partial charge in [-0.15, -0.1) is 0 Å². The third kappa shape index (κ3) is 5.95. The summed E-state index contributed by atoms with van der Waals surface area (Å²) in [5.41, 5.74) is 16.9. The highest BCUT2D eigenvalue weighted by molar-refractivity contribution is 6.07. The largest absolute Gasteiger partial charge is 0.228 e. The monoisotopic (exact) mass is 800 g/mol. The molecule has 1 aromatic heterocycles. The summed E-state index contributed by atoms with van der Waals surface area (Å²) in [6, 6.07) is 87.8. The maximum atomic E-state index is 5.20. The number of aromatic nitrogens is 2. The number of hydrogen-bond acceptors (Lipinski definition) is 2. The molecule has 2 nitrogen and oxygen atoms in total. The van der Waals surface area contributed by atoms with E-state index >= 15 is 0 Å². The Balaban J connectivity index is 1.01. The molecule has 294 valence electrons. The quantitative estimate of drug-likeness (QED) is 0.160. The molecule has 63 heavy (non-hydrogen) atoms. The van der Waals surface area contributed by atoms with Gasteiger partial charge in [0.25, 0.3) is 0 Å². The summed E-state index contributed by atoms with van der Waals surface area (Å²) >= 11 is 0. The third-order valence-corrected chi connectivity index (χ3v) is 13.0. The fourth-order valence-corrected chi connectivity index (χ4v) is 10.2. The predicted molar refractivity (Wildman–Crippen MR) is 262 cm³/mol. The normalized spacial score (nSPS) is 12.6. The molecule has 1 aliphatic rings. The second-order valence-electron chi connectivity index (χ2n) is 16.4. The minimum Gasteiger partial charge on any atom is -0.228 e. The van der Waals surface area contributed by atoms with E-state index in [-0.39, 0.29) is 0 Å². The zero-order chi connectivity index (χ0) is 41.7. The Hall–Kier alpha value is -8.20. The molecule has 2 heteroatoms. The van der Waals surface area contributed by atoms with Crippen LogP contribution in [0.1, 0.15) is 22.3 Å². The highest BCUT2D eigenvalue weighted by Gasteiger charge is 2.48. The first-order valence-electron chi connectivity index (χ1n) is 21.7. The zero-order valence-corrected chi connectivity index (χ0v) is 34.5. The van der Waals surface area contributed by atoms with Crippen molar-refractivity contribution in [3.05, 3.63) is 265 Å². The lowest BCUT2D eigenvalue weighted by Crippen LogP contribution is -2.29. The molecule has 0 unspecified atom stereocenters. The minimum absolute atomic E-state index is 0.528. The first-order valence-corrected chi connectivity index (χ1v) is 21.7. The summed E-state index contributed by atoms with van der Waals surface area (Å²) in [4.78, 5) is 10.3. The van der Waals surface area contributed by atoms with Crippen LogP contribution in [0.5, 0.6) is 0 Å². The maximum absolute atomic E-state index is 5.20. The van der Waals surface area contributed by atoms with Gasteiger partial charge in [0.05, 0.1) is 16.8 Å². The Morgan fingerprint density at radius 3 is 1.48 bits per heavy atom. The molecular weight excluding hydrogens is 761 g/mol. The number of nitrogens with zero attached hydrogens (tertiary/aromatic N) is 2. The van der Waals surface area contributed by atoms with Crippen LogP contribution in [0.2, 0.25) is 0 Å². The van der Waals surface area contributed by atoms with Gasteiger partial charge in [-0.3, -0.25) is 0 Å². The molecule has 0 atom stereocenters. The van der Waals surface area contributed by atoms with Crippen molar-refractivity contribution < 1.29 is 0 Å². The van der Waals surface area contributed by atoms with Crippen LogP contribution >= 0.6 is 0 Å². The topological polar surface area (TPSA) is 25.8 Å². The van der Waals surface area contributed by atoms with Crippen molar-refractivity contribution in [2.45, 2.75) is 5.41 Å². The Bertz CT molecular complexity index is 3370. The minimum atomic E-state index is -0.528. The smallest absolute Gasteiger partial charge is 0.160 e. The van der Waals surface area contributed by atoms with Crippen molar-refractivity contribution in [1.29, 1.82) is 0 Å². The van der Waals surface area contributed by atoms with E-state index in [0.717, 1.165) is 33.5 Å². The van der Waals surface area contributed by atoms with E-state index in [9.17, 15) is 0 Å². The van der Waals surface area contributed by atoms with Gasteiger partial charge in [-0.05, 0) is 83.2 Å². The Labute approximate surface area is 367 Å². The molecule has 0 fully saturated rings. The van der Waals surface area contributed by atoms with Crippen LogP contribution in [0.15, 0.2) is 243 Å². The van der Waals surface area contributed by atoms with Gasteiger partial charge in [0.2, 0.25) is 0 Å². The van der Waals surface area contributed by atoms with E-state index in [1.165, 1.54) is 71.8 Å². The van der Waals surface area contributed by atoms with Crippen LogP contribution in [0.4, 0.5) is 0 Å². The molecule has 0 saturated heterocycles. The lowest BCUT2D eigenvalue weighted by molar-refractivity contribution is 0.771. The van der Waals surface area contributed by atoms with Crippen LogP contribution in [0.25, 0.3) is 88.8 Å². The van der Waals surface area contributed by atoms with Crippen molar-refractivity contribution in [2.24, 2.45) is 0 Å². The van der Waals surface area contributed by atoms with Crippen molar-refractivity contribution in [3.63, 3.8) is 0 Å². The van der Waals surface area contributed by atoms with Gasteiger partial charge in [0.1, 0.15) is 0 Å².